The summed E-state index contributed by atoms with van der Waals surface area (Å²) in [7, 11) is 1.33. The average Bonchev–Trinajstić information content (AvgIpc) is 3.02. The maximum Gasteiger partial charge on any atom is 0.404 e. The van der Waals surface area contributed by atoms with Crippen LogP contribution < -0.4 is 4.68 Å². The van der Waals surface area contributed by atoms with Gasteiger partial charge in [0.15, 0.2) is 5.69 Å². The van der Waals surface area contributed by atoms with Gasteiger partial charge in [-0.15, -0.1) is 0 Å². The van der Waals surface area contributed by atoms with E-state index in [1.54, 1.807) is 10.9 Å². The number of hydrogen-bond donors (Lipinski definition) is 0. The summed E-state index contributed by atoms with van der Waals surface area (Å²) >= 11 is 0. The number of hydrogen-bond acceptors (Lipinski definition) is 4. The first-order chi connectivity index (χ1) is 11.3. The number of benzene rings is 2. The molecule has 6 heteroatoms. The number of carbonyl (C=O) groups is 1. The zero-order valence-corrected chi connectivity index (χ0v) is 12.4. The van der Waals surface area contributed by atoms with Crippen molar-refractivity contribution in [1.82, 2.24) is 14.7 Å². The molecule has 2 heterocycles. The Morgan fingerprint density at radius 1 is 1.09 bits per heavy atom. The lowest BCUT2D eigenvalue weighted by Crippen LogP contribution is -2.33. The Morgan fingerprint density at radius 2 is 1.83 bits per heavy atom. The molecule has 0 aliphatic carbocycles. The lowest BCUT2D eigenvalue weighted by molar-refractivity contribution is -0.630. The Bertz CT molecular complexity index is 1020. The summed E-state index contributed by atoms with van der Waals surface area (Å²) in [6, 6.07) is 17.5. The molecule has 4 rings (SSSR count). The standard InChI is InChI=1S/C17H13N4O2/c1-23-17(22)15-19-20(13-8-3-2-4-9-13)16-14-10-6-5-7-12(14)11-18-21(15)16/h2-11H,1H3/q+1. The molecular formula is C17H13N4O2+. The van der Waals surface area contributed by atoms with Gasteiger partial charge in [-0.3, -0.25) is 0 Å². The van der Waals surface area contributed by atoms with Gasteiger partial charge in [-0.2, -0.15) is 0 Å². The van der Waals surface area contributed by atoms with Crippen LogP contribution in [0.15, 0.2) is 60.8 Å². The average molecular weight is 305 g/mol. The maximum atomic E-state index is 12.0. The number of para-hydroxylation sites is 1. The van der Waals surface area contributed by atoms with Crippen LogP contribution in [0.3, 0.4) is 0 Å². The van der Waals surface area contributed by atoms with Crippen molar-refractivity contribution in [2.24, 2.45) is 0 Å². The molecule has 4 aromatic rings. The summed E-state index contributed by atoms with van der Waals surface area (Å²) in [5, 5.41) is 10.7. The lowest BCUT2D eigenvalue weighted by atomic mass is 10.2. The number of methoxy groups -OCH3 is 1. The number of rotatable bonds is 2. The smallest absolute Gasteiger partial charge is 0.404 e. The summed E-state index contributed by atoms with van der Waals surface area (Å²) in [6.07, 6.45) is 1.71. The van der Waals surface area contributed by atoms with Crippen molar-refractivity contribution in [3.05, 3.63) is 66.6 Å². The fraction of sp³-hybridized carbons (Fsp3) is 0.0588. The maximum absolute atomic E-state index is 12.0. The highest BCUT2D eigenvalue weighted by Gasteiger charge is 2.29. The van der Waals surface area contributed by atoms with Crippen molar-refractivity contribution in [3.8, 4) is 5.69 Å². The second kappa shape index (κ2) is 5.17. The lowest BCUT2D eigenvalue weighted by Gasteiger charge is -1.97. The van der Waals surface area contributed by atoms with Crippen molar-refractivity contribution in [1.29, 1.82) is 0 Å². The van der Waals surface area contributed by atoms with Gasteiger partial charge in [-0.05, 0) is 23.3 Å². The molecule has 0 saturated heterocycles. The Kier molecular flexibility index (Phi) is 3.01. The molecular weight excluding hydrogens is 292 g/mol. The van der Waals surface area contributed by atoms with Crippen LogP contribution in [0.4, 0.5) is 0 Å². The Morgan fingerprint density at radius 3 is 2.61 bits per heavy atom. The highest BCUT2D eigenvalue weighted by molar-refractivity contribution is 5.93. The number of esters is 1. The molecule has 0 amide bonds. The van der Waals surface area contributed by atoms with Crippen LogP contribution in [0, 0.1) is 0 Å². The minimum atomic E-state index is -0.530. The van der Waals surface area contributed by atoms with Gasteiger partial charge in [-0.1, -0.05) is 50.7 Å². The molecule has 0 N–H and O–H groups in total. The number of aromatic nitrogens is 4. The van der Waals surface area contributed by atoms with Gasteiger partial charge in [0.05, 0.1) is 18.7 Å². The molecule has 0 spiro atoms. The van der Waals surface area contributed by atoms with Crippen LogP contribution >= 0.6 is 0 Å². The summed E-state index contributed by atoms with van der Waals surface area (Å²) in [5.41, 5.74) is 1.56. The first-order valence-corrected chi connectivity index (χ1v) is 7.12. The van der Waals surface area contributed by atoms with Crippen LogP contribution in [0.5, 0.6) is 0 Å². The first-order valence-electron chi connectivity index (χ1n) is 7.12. The van der Waals surface area contributed by atoms with Crippen LogP contribution in [-0.4, -0.2) is 27.8 Å². The van der Waals surface area contributed by atoms with Gasteiger partial charge in [-0.25, -0.2) is 4.79 Å². The second-order valence-electron chi connectivity index (χ2n) is 5.03. The molecule has 0 bridgehead atoms. The minimum Gasteiger partial charge on any atom is -0.461 e. The highest BCUT2D eigenvalue weighted by Crippen LogP contribution is 2.18. The molecule has 0 radical (unpaired) electrons. The third-order valence-corrected chi connectivity index (χ3v) is 3.68. The van der Waals surface area contributed by atoms with Gasteiger partial charge in [0, 0.05) is 5.39 Å². The Labute approximate surface area is 131 Å². The highest BCUT2D eigenvalue weighted by atomic mass is 16.5. The molecule has 0 saturated carbocycles. The number of nitrogens with zero attached hydrogens (tertiary/aromatic N) is 4. The summed E-state index contributed by atoms with van der Waals surface area (Å²) in [4.78, 5) is 12.0. The topological polar surface area (TPSA) is 60.4 Å². The zero-order valence-electron chi connectivity index (χ0n) is 12.4. The summed E-state index contributed by atoms with van der Waals surface area (Å²) in [5.74, 6) is -0.394. The van der Waals surface area contributed by atoms with E-state index in [4.69, 9.17) is 4.74 Å². The van der Waals surface area contributed by atoms with E-state index in [-0.39, 0.29) is 5.82 Å². The molecule has 0 atom stereocenters. The van der Waals surface area contributed by atoms with Gasteiger partial charge in [0.2, 0.25) is 0 Å². The molecule has 2 aromatic heterocycles. The quantitative estimate of drug-likeness (QED) is 0.419. The molecule has 0 unspecified atom stereocenters. The normalized spacial score (nSPS) is 11.0. The molecule has 23 heavy (non-hydrogen) atoms. The van der Waals surface area contributed by atoms with E-state index in [0.717, 1.165) is 22.1 Å². The van der Waals surface area contributed by atoms with Crippen LogP contribution in [0.1, 0.15) is 10.6 Å². The van der Waals surface area contributed by atoms with Crippen LogP contribution in [0.25, 0.3) is 22.1 Å². The van der Waals surface area contributed by atoms with Gasteiger partial charge in [0.1, 0.15) is 0 Å². The van der Waals surface area contributed by atoms with Crippen LogP contribution in [-0.2, 0) is 4.74 Å². The molecule has 0 aliphatic heterocycles. The van der Waals surface area contributed by atoms with E-state index in [9.17, 15) is 4.79 Å². The predicted octanol–water partition coefficient (Wildman–Crippen LogP) is 1.95. The number of fused-ring (bicyclic) bond motifs is 3. The van der Waals surface area contributed by atoms with Crippen molar-refractivity contribution in [3.63, 3.8) is 0 Å². The zero-order chi connectivity index (χ0) is 15.8. The molecule has 112 valence electrons. The van der Waals surface area contributed by atoms with Crippen molar-refractivity contribution < 1.29 is 14.2 Å². The molecule has 0 aliphatic rings. The van der Waals surface area contributed by atoms with E-state index >= 15 is 0 Å². The summed E-state index contributed by atoms with van der Waals surface area (Å²) in [6.45, 7) is 0. The largest absolute Gasteiger partial charge is 0.461 e. The second-order valence-corrected chi connectivity index (χ2v) is 5.03. The summed E-state index contributed by atoms with van der Waals surface area (Å²) < 4.78 is 8.05. The first kappa shape index (κ1) is 13.4. The van der Waals surface area contributed by atoms with E-state index in [0.29, 0.717) is 0 Å². The van der Waals surface area contributed by atoms with Crippen molar-refractivity contribution in [2.45, 2.75) is 0 Å². The van der Waals surface area contributed by atoms with E-state index < -0.39 is 5.97 Å². The third kappa shape index (κ3) is 2.03. The van der Waals surface area contributed by atoms with Gasteiger partial charge < -0.3 is 4.74 Å². The fourth-order valence-electron chi connectivity index (χ4n) is 2.61. The van der Waals surface area contributed by atoms with Crippen LogP contribution in [0.2, 0.25) is 0 Å². The Hall–Kier alpha value is -3.28. The van der Waals surface area contributed by atoms with E-state index in [1.807, 2.05) is 54.6 Å². The van der Waals surface area contributed by atoms with E-state index in [2.05, 4.69) is 10.2 Å². The van der Waals surface area contributed by atoms with Gasteiger partial charge >= 0.3 is 17.4 Å². The fourth-order valence-corrected chi connectivity index (χ4v) is 2.61. The predicted molar refractivity (Wildman–Crippen MR) is 83.4 cm³/mol. The Balaban J connectivity index is 2.16. The SMILES string of the molecule is COC(=O)c1n[n+](-c2ccccc2)c2c3ccccc3cnn12. The monoisotopic (exact) mass is 305 g/mol. The van der Waals surface area contributed by atoms with E-state index in [1.165, 1.54) is 11.6 Å². The third-order valence-electron chi connectivity index (χ3n) is 3.68. The van der Waals surface area contributed by atoms with Crippen molar-refractivity contribution in [2.75, 3.05) is 7.11 Å². The number of carbonyl (C=O) groups excluding carboxylic acids is 1. The minimum absolute atomic E-state index is 0.136. The van der Waals surface area contributed by atoms with Gasteiger partial charge in [0.25, 0.3) is 0 Å². The van der Waals surface area contributed by atoms with Crippen molar-refractivity contribution >= 4 is 22.4 Å². The molecule has 0 fully saturated rings. The molecule has 2 aromatic carbocycles. The molecule has 6 nitrogen and oxygen atoms in total. The number of ether oxygens (including phenoxy) is 1.